The number of hydrogen-bond donors (Lipinski definition) is 0. The summed E-state index contributed by atoms with van der Waals surface area (Å²) in [6.45, 7) is 65.8. The number of aromatic nitrogens is 4. The zero-order valence-corrected chi connectivity index (χ0v) is 93.5. The van der Waals surface area contributed by atoms with Crippen LogP contribution in [-0.4, -0.2) is 52.2 Å². The van der Waals surface area contributed by atoms with Crippen molar-refractivity contribution in [2.45, 2.75) is 374 Å². The topological polar surface area (TPSA) is 79.2 Å². The van der Waals surface area contributed by atoms with Crippen molar-refractivity contribution in [2.24, 2.45) is 87.3 Å². The molecular formula is C130H188F4N4O3. The Labute approximate surface area is 855 Å². The van der Waals surface area contributed by atoms with Crippen LogP contribution in [0.25, 0.3) is 32.3 Å². The minimum atomic E-state index is -0.475. The molecule has 5 heterocycles. The lowest BCUT2D eigenvalue weighted by atomic mass is 9.49. The molecule has 9 aliphatic carbocycles. The van der Waals surface area contributed by atoms with Crippen LogP contribution in [0.1, 0.15) is 341 Å². The van der Waals surface area contributed by atoms with Gasteiger partial charge in [-0.05, 0) is 418 Å². The second-order valence-electron chi connectivity index (χ2n) is 46.7. The third-order valence-electron chi connectivity index (χ3n) is 30.5. The quantitative estimate of drug-likeness (QED) is 0.111. The maximum Gasteiger partial charge on any atom is 0.154 e. The molecule has 11 aliphatic rings. The van der Waals surface area contributed by atoms with Gasteiger partial charge in [-0.25, -0.2) is 27.5 Å². The summed E-state index contributed by atoms with van der Waals surface area (Å²) in [6, 6.07) is 52.7. The Morgan fingerprint density at radius 3 is 0.957 bits per heavy atom. The summed E-state index contributed by atoms with van der Waals surface area (Å²) < 4.78 is 66.0. The Morgan fingerprint density at radius 2 is 0.617 bits per heavy atom. The first-order valence-electron chi connectivity index (χ1n) is 54.2. The van der Waals surface area contributed by atoms with Crippen LogP contribution in [0, 0.1) is 221 Å². The van der Waals surface area contributed by atoms with Crippen molar-refractivity contribution in [1.82, 2.24) is 19.9 Å². The molecule has 1 spiro atoms. The lowest BCUT2D eigenvalue weighted by Crippen LogP contribution is -2.45. The second kappa shape index (κ2) is 59.8. The minimum absolute atomic E-state index is 0.0196. The summed E-state index contributed by atoms with van der Waals surface area (Å²) in [7, 11) is 0. The highest BCUT2D eigenvalue weighted by Gasteiger charge is 2.49. The van der Waals surface area contributed by atoms with E-state index >= 15 is 0 Å². The summed E-state index contributed by atoms with van der Waals surface area (Å²) in [5, 5.41) is 8.03. The Bertz CT molecular complexity index is 4910. The molecule has 2 bridgehead atoms. The van der Waals surface area contributed by atoms with E-state index < -0.39 is 11.6 Å². The van der Waals surface area contributed by atoms with E-state index in [0.717, 1.165) is 129 Å². The van der Waals surface area contributed by atoms with Gasteiger partial charge >= 0.3 is 0 Å². The van der Waals surface area contributed by atoms with Crippen LogP contribution >= 0.6 is 0 Å². The Balaban J connectivity index is 0.000000206. The molecule has 0 amide bonds. The molecule has 6 atom stereocenters. The summed E-state index contributed by atoms with van der Waals surface area (Å²) in [4.78, 5) is 15.8. The van der Waals surface area contributed by atoms with Gasteiger partial charge in [0.2, 0.25) is 0 Å². The van der Waals surface area contributed by atoms with E-state index in [1.807, 2.05) is 79.2 Å². The molecule has 11 aromatic rings. The van der Waals surface area contributed by atoms with Gasteiger partial charge in [0.1, 0.15) is 29.1 Å². The molecule has 22 rings (SSSR count). The van der Waals surface area contributed by atoms with Gasteiger partial charge in [-0.15, -0.1) is 0 Å². The van der Waals surface area contributed by atoms with E-state index in [2.05, 4.69) is 267 Å². The monoisotopic (exact) mass is 1930 g/mol. The normalized spacial score (nSPS) is 25.9. The number of ether oxygens (including phenoxy) is 3. The smallest absolute Gasteiger partial charge is 0.154 e. The van der Waals surface area contributed by atoms with Crippen molar-refractivity contribution in [2.75, 3.05) is 19.8 Å². The van der Waals surface area contributed by atoms with Crippen LogP contribution in [0.15, 0.2) is 183 Å². The summed E-state index contributed by atoms with van der Waals surface area (Å²) >= 11 is 0. The molecule has 8 aromatic carbocycles. The number of halogens is 4. The van der Waals surface area contributed by atoms with Gasteiger partial charge in [0.15, 0.2) is 6.29 Å². The van der Waals surface area contributed by atoms with Crippen LogP contribution in [0.5, 0.6) is 0 Å². The number of fused-ring (bicyclic) bond motifs is 8. The number of aryl methyl sites for hydroxylation is 15. The first kappa shape index (κ1) is 119. The van der Waals surface area contributed by atoms with Crippen LogP contribution in [0.2, 0.25) is 0 Å². The standard InChI is InChI=1S/C16H14.C12H22.C12H12.C10H18.C9H16.C8H8F2.C8H9F.C8H16.C8H10.C7H8FN.C7H9N.C7H14O.C6H8N2.C6H12O2.C6H12/c1-11-3-7-15-13(9-11)5-6-14-10-12(2)4-8-16(14)15;2*1-9-3-5-12-8-10(2)4-6-11(12)7-9;1-9-3-6-10(2,7-4-9)8-5-9;1-7-3-9(4-7)5-8(2)6-9;1-5-3-7(9)6(2)8(10)4-5;1-6-3-4-7(2)8(9)5-6;2*1-7-3-5-8(2)6-4-7;1-5-3-7(8)6(2)9-4-5;2*1-6-3-4-7(2)8-5-6;2*1-5-3-7-6(2)8-4-5;1-5-3-6(2)4-5/h3-10H,1-2H3;9-12H,3-8H2,1-2H3;3-8H,1-2H3;3-8H2,1-2H3;7-8H,3-6H2,1-2H3;3-4H,1-2H3;3-5H,1-2H3;7-8H,3-6H2,1-2H3;3-6H,1-2H3;3-4H,1-2H3;3-5H,1-2H3;6-7H,3-5H2,1-2H3;3-4H,1-2H3;5-6H,3-4H2,1-2H3;5-6H,3-4H2,1-2H3. The molecule has 6 unspecified atom stereocenters. The molecule has 0 radical (unpaired) electrons. The summed E-state index contributed by atoms with van der Waals surface area (Å²) in [5.74, 6) is 11.4. The minimum Gasteiger partial charge on any atom is -0.378 e. The average molecular weight is 1930 g/mol. The van der Waals surface area contributed by atoms with E-state index in [1.165, 1.54) is 257 Å². The maximum absolute atomic E-state index is 12.6. The van der Waals surface area contributed by atoms with Crippen molar-refractivity contribution in [3.8, 4) is 0 Å². The van der Waals surface area contributed by atoms with Crippen molar-refractivity contribution < 1.29 is 31.8 Å². The third-order valence-corrected chi connectivity index (χ3v) is 30.5. The zero-order valence-electron chi connectivity index (χ0n) is 93.5. The van der Waals surface area contributed by atoms with Gasteiger partial charge in [-0.1, -0.05) is 282 Å². The van der Waals surface area contributed by atoms with E-state index in [9.17, 15) is 17.6 Å². The lowest BCUT2D eigenvalue weighted by molar-refractivity contribution is -0.187. The molecule has 9 saturated carbocycles. The first-order valence-corrected chi connectivity index (χ1v) is 54.2. The van der Waals surface area contributed by atoms with Crippen LogP contribution < -0.4 is 0 Å². The van der Waals surface area contributed by atoms with Crippen molar-refractivity contribution >= 4 is 32.3 Å². The van der Waals surface area contributed by atoms with Gasteiger partial charge in [0.05, 0.1) is 25.0 Å². The van der Waals surface area contributed by atoms with Crippen LogP contribution in [0.3, 0.4) is 0 Å². The third kappa shape index (κ3) is 45.0. The van der Waals surface area contributed by atoms with Crippen molar-refractivity contribution in [3.63, 3.8) is 0 Å². The summed E-state index contributed by atoms with van der Waals surface area (Å²) in [6.07, 6.45) is 43.5. The largest absolute Gasteiger partial charge is 0.378 e. The van der Waals surface area contributed by atoms with Gasteiger partial charge in [0.25, 0.3) is 0 Å². The molecular weight excluding hydrogens is 1740 g/mol. The van der Waals surface area contributed by atoms with E-state index in [0.29, 0.717) is 28.8 Å². The van der Waals surface area contributed by atoms with Crippen LogP contribution in [0.4, 0.5) is 17.6 Å². The van der Waals surface area contributed by atoms with Gasteiger partial charge < -0.3 is 14.2 Å². The highest BCUT2D eigenvalue weighted by Crippen LogP contribution is 2.61. The lowest BCUT2D eigenvalue weighted by Gasteiger charge is -2.56. The fraction of sp³-hybridized carbons (Fsp3) is 0.569. The van der Waals surface area contributed by atoms with Crippen molar-refractivity contribution in [3.05, 3.63) is 295 Å². The molecule has 3 aromatic heterocycles. The first-order chi connectivity index (χ1) is 66.6. The maximum atomic E-state index is 12.6. The Hall–Kier alpha value is -8.48. The fourth-order valence-electron chi connectivity index (χ4n) is 21.0. The molecule has 2 saturated heterocycles. The Morgan fingerprint density at radius 1 is 0.270 bits per heavy atom. The Kier molecular flexibility index (Phi) is 50.7. The predicted molar refractivity (Wildman–Crippen MR) is 596 cm³/mol. The molecule has 7 nitrogen and oxygen atoms in total. The molecule has 0 N–H and O–H groups in total. The molecule has 141 heavy (non-hydrogen) atoms. The second-order valence-corrected chi connectivity index (χ2v) is 46.7. The zero-order chi connectivity index (χ0) is 104. The molecule has 774 valence electrons. The SMILES string of the molecule is CC12CCC(C)(CC1)CC2.CC1CC(C)C1.CC1CC2(C1)CC(C)C2.CC1CCC(C)CC1.CC1CCC(C)OC1.CC1CCC2CC(C)CCC2C1.CC1COC(C)OC1.Cc1cc(F)c(C)c(F)c1.Cc1ccc(C)c(F)c1.Cc1ccc(C)cc1.Cc1ccc(C)nc1.Cc1ccc2c(ccc3cc(C)ccc32)c1.Cc1ccc2cc(C)ccc2c1.Cc1cnc(C)c(F)c1.Cc1cnc(C)nc1. The van der Waals surface area contributed by atoms with Gasteiger partial charge in [-0.3, -0.25) is 9.97 Å². The highest BCUT2D eigenvalue weighted by atomic mass is 19.1. The van der Waals surface area contributed by atoms with E-state index in [-0.39, 0.29) is 23.5 Å². The van der Waals surface area contributed by atoms with Gasteiger partial charge in [-0.2, -0.15) is 0 Å². The number of hydrogen-bond acceptors (Lipinski definition) is 7. The number of rotatable bonds is 0. The number of nitrogens with zero attached hydrogens (tertiary/aromatic N) is 4. The molecule has 2 aliphatic heterocycles. The number of pyridine rings is 2. The van der Waals surface area contributed by atoms with Crippen LogP contribution in [-0.2, 0) is 14.2 Å². The predicted octanol–water partition coefficient (Wildman–Crippen LogP) is 37.8. The molecule has 11 fully saturated rings. The fourth-order valence-corrected chi connectivity index (χ4v) is 21.0. The molecule has 11 heteroatoms. The average Bonchev–Trinajstić information content (AvgIpc) is 0.757. The van der Waals surface area contributed by atoms with E-state index in [1.54, 1.807) is 33.0 Å². The highest BCUT2D eigenvalue weighted by molar-refractivity contribution is 6.07. The van der Waals surface area contributed by atoms with E-state index in [4.69, 9.17) is 14.2 Å². The van der Waals surface area contributed by atoms with Crippen molar-refractivity contribution in [1.29, 1.82) is 0 Å². The van der Waals surface area contributed by atoms with Gasteiger partial charge in [0, 0.05) is 48.6 Å². The number of benzene rings is 8. The summed E-state index contributed by atoms with van der Waals surface area (Å²) in [5.41, 5.74) is 17.5.